The number of benzene rings is 6. The van der Waals surface area contributed by atoms with Gasteiger partial charge in [0.1, 0.15) is 92.0 Å². The van der Waals surface area contributed by atoms with Crippen LogP contribution in [0.15, 0.2) is 255 Å². The van der Waals surface area contributed by atoms with Crippen molar-refractivity contribution in [1.29, 1.82) is 0 Å². The van der Waals surface area contributed by atoms with Gasteiger partial charge in [0.15, 0.2) is 57.5 Å². The number of nitrogens with zero attached hydrogens (tertiary/aromatic N) is 4. The Bertz CT molecular complexity index is 7150. The van der Waals surface area contributed by atoms with Gasteiger partial charge in [-0.3, -0.25) is 54.1 Å². The quantitative estimate of drug-likeness (QED) is 0.0186. The molecule has 6 aliphatic rings. The summed E-state index contributed by atoms with van der Waals surface area (Å²) in [6.45, 7) is 9.56. The van der Waals surface area contributed by atoms with Gasteiger partial charge in [0.25, 0.3) is 62.6 Å². The first-order valence-electron chi connectivity index (χ1n) is 43.1. The number of carbonyl (C=O) groups is 6. The normalized spacial score (nSPS) is 15.9. The number of thiocarbonyl (C=S) groups is 6. The molecule has 0 saturated carbocycles. The second-order valence-electron chi connectivity index (χ2n) is 30.7. The Morgan fingerprint density at radius 1 is 0.408 bits per heavy atom. The fraction of sp³-hybridized carbons (Fsp3) is 0.176. The molecule has 6 amide bonds. The lowest BCUT2D eigenvalue weighted by atomic mass is 10.1. The maximum absolute atomic E-state index is 13.2. The number of alkyl halides is 2. The van der Waals surface area contributed by atoms with Crippen molar-refractivity contribution in [2.75, 3.05) is 69.3 Å². The van der Waals surface area contributed by atoms with Gasteiger partial charge in [-0.15, -0.1) is 0 Å². The van der Waals surface area contributed by atoms with E-state index in [1.54, 1.807) is 140 Å². The van der Waals surface area contributed by atoms with E-state index in [4.69, 9.17) is 148 Å². The van der Waals surface area contributed by atoms with Crippen LogP contribution in [0.1, 0.15) is 85.4 Å². The molecule has 6 fully saturated rings. The Morgan fingerprint density at radius 3 is 1.15 bits per heavy atom. The summed E-state index contributed by atoms with van der Waals surface area (Å²) in [5, 5.41) is 23.1. The van der Waals surface area contributed by atoms with Crippen LogP contribution in [0.25, 0.3) is 104 Å². The number of aryl methyl sites for hydroxylation is 1. The summed E-state index contributed by atoms with van der Waals surface area (Å²) >= 11 is 29.8. The van der Waals surface area contributed by atoms with E-state index in [1.165, 1.54) is 58.2 Å². The van der Waals surface area contributed by atoms with Gasteiger partial charge in [0.2, 0.25) is 0 Å². The Morgan fingerprint density at radius 2 is 0.782 bits per heavy atom. The van der Waals surface area contributed by atoms with Gasteiger partial charge in [-0.25, -0.2) is 8.78 Å². The summed E-state index contributed by atoms with van der Waals surface area (Å²) in [6, 6.07) is 56.5. The maximum Gasteiger partial charge on any atom is 0.297 e. The molecule has 40 heteroatoms. The van der Waals surface area contributed by atoms with E-state index in [0.717, 1.165) is 50.6 Å². The number of rotatable bonds is 24. The number of nitrogens with one attached hydrogen (secondary N) is 5. The molecule has 0 radical (unpaired) electrons. The average molecular weight is 2040 g/mol. The number of nitroso groups, excluding NO2 is 1. The molecule has 0 aliphatic carbocycles. The van der Waals surface area contributed by atoms with E-state index < -0.39 is 5.92 Å². The van der Waals surface area contributed by atoms with Gasteiger partial charge < -0.3 is 90.2 Å². The molecule has 730 valence electrons. The van der Waals surface area contributed by atoms with Crippen LogP contribution < -0.4 is 55.0 Å². The molecule has 32 nitrogen and oxygen atoms in total. The number of hydrogen-bond donors (Lipinski definition) is 6. The third kappa shape index (κ3) is 25.4. The van der Waals surface area contributed by atoms with E-state index in [1.807, 2.05) is 125 Å². The number of aliphatic hydroxyl groups is 1. The Kier molecular flexibility index (Phi) is 34.0. The summed E-state index contributed by atoms with van der Waals surface area (Å²) in [5.41, 5.74) is 8.19. The van der Waals surface area contributed by atoms with Crippen molar-refractivity contribution in [3.05, 3.63) is 285 Å². The van der Waals surface area contributed by atoms with E-state index >= 15 is 0 Å². The highest BCUT2D eigenvalue weighted by Gasteiger charge is 2.36. The standard InChI is InChI=1S/C18H17N2O4S.2C18H17NO5S.C17H15NO4S.C16H12F2N2O2S.C15H12N2O3S/c1-4-20-17(21)16(24-18(20)25)10-13-7-8-15(23-13)12-6-5-11(2)14(9-12)19(3)22;1-4-19-17(20)16(24-18(19)25)10-12-6-8-15(23-12)13-9-11(21-2)5-7-14(13)22-3;1-4-19-17(20)16(24-18(19)25)10-12-6-8-13(23-12)11-5-7-14(21-2)15(9-11)22-3;1-20-14-5-3-10(8-15(14)21-2)13-6-4-12(22-13)7-11-9-16(23)18-17(11)19;1-16(17,18)10-4-2-9(3-5-10)13-7-6-11(22-13)8-12-14(21)20-15(23)19-12;18-8-9-2-1-3-10(6-9)13-5-4-11(20-13)7-12-14(19)17-15(21)16-12/h3*5-10H,4H2,1-3H3;3-8H,9H2,1-2H3,(H,18,19,23);2-8H,1H3,(H2,19,20,21,23);1-7,18H,8H2,(H2,16,17,19,21)/q+1;;;;;. The number of carbonyl (C=O) groups excluding carboxylic acids is 6. The van der Waals surface area contributed by atoms with Crippen molar-refractivity contribution < 1.29 is 117 Å². The van der Waals surface area contributed by atoms with Crippen molar-refractivity contribution in [3.8, 4) is 102 Å². The molecular weight excluding hydrogens is 1950 g/mol. The van der Waals surface area contributed by atoms with Gasteiger partial charge in [0.05, 0.1) is 59.8 Å². The minimum absolute atomic E-state index is 0.0208. The molecule has 6 aromatic heterocycles. The third-order valence-electron chi connectivity index (χ3n) is 21.3. The van der Waals surface area contributed by atoms with Crippen LogP contribution in [-0.4, -0.2) is 160 Å². The van der Waals surface area contributed by atoms with Crippen LogP contribution in [0.2, 0.25) is 0 Å². The van der Waals surface area contributed by atoms with Crippen molar-refractivity contribution >= 4 is 182 Å². The highest BCUT2D eigenvalue weighted by atomic mass is 32.1. The zero-order valence-corrected chi connectivity index (χ0v) is 82.8. The van der Waals surface area contributed by atoms with Gasteiger partial charge in [0, 0.05) is 124 Å². The zero-order valence-electron chi connectivity index (χ0n) is 77.9. The van der Waals surface area contributed by atoms with Crippen molar-refractivity contribution in [3.63, 3.8) is 0 Å². The largest absolute Gasteiger partial charge is 0.497 e. The molecule has 18 rings (SSSR count). The summed E-state index contributed by atoms with van der Waals surface area (Å²) in [7, 11) is 11.0. The van der Waals surface area contributed by atoms with Crippen LogP contribution >= 0.6 is 73.3 Å². The van der Waals surface area contributed by atoms with Gasteiger partial charge in [-0.2, -0.15) is 0 Å². The van der Waals surface area contributed by atoms with E-state index in [0.29, 0.717) is 157 Å². The number of likely N-dealkylation sites (N-methyl/N-ethyl adjacent to an activating group) is 3. The molecule has 12 aromatic rings. The SMILES string of the molecule is CC(F)(F)c1ccc(-c2ccc(C=C3NC(=S)NC3=O)o2)cc1.CCN1C(=O)C(=Cc2ccc(-c3cc(OC)ccc3OC)o2)OC1=S.CCN1C(=O)C(=Cc2ccc(-c3ccc(C)c([N+](C)=O)c3)o2)OC1=S.CCN1C(=O)C(=Cc2ccc(-c3ccc(OC)c(OC)c3)o2)OC1=S.COc1ccc(-c2ccc(C=C3CC(=S)NC3=O)o2)cc1OC.O=C1NC(=S)NC1=Cc1ccc(-c2cccc(CO)c2)o1. The van der Waals surface area contributed by atoms with Crippen LogP contribution in [0.4, 0.5) is 14.5 Å². The number of amides is 6. The predicted octanol–water partition coefficient (Wildman–Crippen LogP) is 19.1. The fourth-order valence-corrected chi connectivity index (χ4v) is 15.6. The molecule has 12 heterocycles. The molecule has 6 N–H and O–H groups in total. The summed E-state index contributed by atoms with van der Waals surface area (Å²) in [5.74, 6) is 6.53. The van der Waals surface area contributed by atoms with Crippen LogP contribution in [-0.2, 0) is 55.5 Å². The van der Waals surface area contributed by atoms with Crippen molar-refractivity contribution in [2.24, 2.45) is 0 Å². The number of ether oxygens (including phenoxy) is 9. The molecular formula is C102H90F2N9O23S6+. The molecule has 6 aromatic carbocycles. The third-order valence-corrected chi connectivity index (χ3v) is 22.9. The minimum atomic E-state index is -2.88. The highest BCUT2D eigenvalue weighted by molar-refractivity contribution is 7.81. The summed E-state index contributed by atoms with van der Waals surface area (Å²) < 4.78 is 109. The molecule has 142 heavy (non-hydrogen) atoms. The smallest absolute Gasteiger partial charge is 0.297 e. The zero-order chi connectivity index (χ0) is 102. The first-order valence-corrected chi connectivity index (χ1v) is 45.5. The molecule has 0 unspecified atom stereocenters. The molecule has 6 aliphatic heterocycles. The summed E-state index contributed by atoms with van der Waals surface area (Å²) in [6.07, 6.45) is 9.85. The fourth-order valence-electron chi connectivity index (χ4n) is 14.1. The molecule has 6 saturated heterocycles. The Labute approximate surface area is 843 Å². The number of hydrogen-bond acceptors (Lipinski definition) is 29. The first kappa shape index (κ1) is 103. The minimum Gasteiger partial charge on any atom is -0.497 e. The number of methoxy groups -OCH3 is 6. The van der Waals surface area contributed by atoms with E-state index in [-0.39, 0.29) is 96.3 Å². The topological polar surface area (TPSA) is 375 Å². The highest BCUT2D eigenvalue weighted by Crippen LogP contribution is 2.40. The monoisotopic (exact) mass is 2040 g/mol. The van der Waals surface area contributed by atoms with Crippen LogP contribution in [0.5, 0.6) is 34.5 Å². The molecule has 0 bridgehead atoms. The van der Waals surface area contributed by atoms with Gasteiger partial charge in [-0.05, 0) is 234 Å². The lowest BCUT2D eigenvalue weighted by Crippen LogP contribution is -2.27. The second kappa shape index (κ2) is 46.7. The van der Waals surface area contributed by atoms with Crippen LogP contribution in [0.3, 0.4) is 0 Å². The lowest BCUT2D eigenvalue weighted by Gasteiger charge is -2.10. The average Bonchev–Trinajstić information content (AvgIpc) is 1.65. The van der Waals surface area contributed by atoms with E-state index in [2.05, 4.69) is 26.6 Å². The molecule has 0 atom stereocenters. The lowest BCUT2D eigenvalue weighted by molar-refractivity contribution is -0.428. The second-order valence-corrected chi connectivity index (χ2v) is 33.0. The predicted molar refractivity (Wildman–Crippen MR) is 548 cm³/mol. The van der Waals surface area contributed by atoms with E-state index in [9.17, 15) is 42.5 Å². The molecule has 0 spiro atoms. The number of furan rings is 6. The van der Waals surface area contributed by atoms with Crippen LogP contribution in [0, 0.1) is 11.8 Å². The van der Waals surface area contributed by atoms with Gasteiger partial charge >= 0.3 is 0 Å². The Hall–Kier alpha value is -16.0. The summed E-state index contributed by atoms with van der Waals surface area (Å²) in [4.78, 5) is 87.6. The number of aliphatic hydroxyl groups excluding tert-OH is 1. The maximum atomic E-state index is 13.2. The van der Waals surface area contributed by atoms with Crippen molar-refractivity contribution in [2.45, 2.75) is 53.6 Å². The first-order chi connectivity index (χ1) is 68.1. The Balaban J connectivity index is 0.000000143. The van der Waals surface area contributed by atoms with Gasteiger partial charge in [-0.1, -0.05) is 66.8 Å². The number of halogens is 2. The van der Waals surface area contributed by atoms with Crippen molar-refractivity contribution in [1.82, 2.24) is 41.3 Å².